The lowest BCUT2D eigenvalue weighted by Gasteiger charge is -2.43. The van der Waals surface area contributed by atoms with Crippen molar-refractivity contribution in [1.29, 1.82) is 0 Å². The van der Waals surface area contributed by atoms with Gasteiger partial charge in [0.05, 0.1) is 18.8 Å². The number of rotatable bonds is 6. The van der Waals surface area contributed by atoms with Crippen LogP contribution in [0.5, 0.6) is 0 Å². The molecule has 7 atom stereocenters. The Morgan fingerprint density at radius 1 is 1.30 bits per heavy atom. The molecular weight excluding hydrogens is 256 g/mol. The number of unbranched alkanes of at least 4 members (excludes halogenated alkanes) is 1. The molecule has 1 saturated carbocycles. The van der Waals surface area contributed by atoms with E-state index in [2.05, 4.69) is 20.8 Å². The molecule has 0 amide bonds. The number of aliphatic hydroxyl groups is 1. The van der Waals surface area contributed by atoms with Crippen molar-refractivity contribution in [1.82, 2.24) is 0 Å². The maximum Gasteiger partial charge on any atom is 0.110 e. The maximum atomic E-state index is 10.5. The molecular formula is C16H30O4. The highest BCUT2D eigenvalue weighted by Crippen LogP contribution is 2.45. The molecule has 118 valence electrons. The molecule has 4 nitrogen and oxygen atoms in total. The highest BCUT2D eigenvalue weighted by Gasteiger charge is 2.52. The molecule has 0 radical (unpaired) electrons. The van der Waals surface area contributed by atoms with Gasteiger partial charge in [-0.25, -0.2) is 0 Å². The molecule has 6 unspecified atom stereocenters. The van der Waals surface area contributed by atoms with Crippen molar-refractivity contribution in [3.63, 3.8) is 0 Å². The Hall–Kier alpha value is -0.160. The fraction of sp³-hybridized carbons (Fsp3) is 1.00. The van der Waals surface area contributed by atoms with Crippen LogP contribution in [0.3, 0.4) is 0 Å². The van der Waals surface area contributed by atoms with Gasteiger partial charge in [-0.15, -0.1) is 0 Å². The normalized spacial score (nSPS) is 44.5. The number of hydrogen-bond acceptors (Lipinski definition) is 4. The summed E-state index contributed by atoms with van der Waals surface area (Å²) in [5, 5.41) is 10.5. The molecule has 2 aliphatic rings. The Morgan fingerprint density at radius 3 is 2.70 bits per heavy atom. The van der Waals surface area contributed by atoms with E-state index in [-0.39, 0.29) is 18.3 Å². The molecule has 0 aromatic carbocycles. The number of hydrogen-bond donors (Lipinski definition) is 1. The zero-order chi connectivity index (χ0) is 14.7. The second kappa shape index (κ2) is 7.21. The van der Waals surface area contributed by atoms with Crippen LogP contribution in [0.25, 0.3) is 0 Å². The van der Waals surface area contributed by atoms with Gasteiger partial charge in [-0.05, 0) is 24.7 Å². The van der Waals surface area contributed by atoms with Gasteiger partial charge < -0.3 is 19.3 Å². The van der Waals surface area contributed by atoms with Gasteiger partial charge in [-0.2, -0.15) is 0 Å². The zero-order valence-electron chi connectivity index (χ0n) is 13.2. The molecule has 1 heterocycles. The van der Waals surface area contributed by atoms with E-state index in [1.807, 2.05) is 0 Å². The minimum absolute atomic E-state index is 0.131. The van der Waals surface area contributed by atoms with Gasteiger partial charge >= 0.3 is 0 Å². The molecule has 4 heteroatoms. The molecule has 20 heavy (non-hydrogen) atoms. The van der Waals surface area contributed by atoms with E-state index in [1.54, 1.807) is 7.11 Å². The summed E-state index contributed by atoms with van der Waals surface area (Å²) in [6.07, 6.45) is 2.46. The van der Waals surface area contributed by atoms with E-state index in [0.29, 0.717) is 24.4 Å². The first kappa shape index (κ1) is 16.2. The smallest absolute Gasteiger partial charge is 0.110 e. The van der Waals surface area contributed by atoms with E-state index in [9.17, 15) is 5.11 Å². The summed E-state index contributed by atoms with van der Waals surface area (Å²) in [4.78, 5) is 0. The Balaban J connectivity index is 1.96. The van der Waals surface area contributed by atoms with Crippen LogP contribution in [-0.2, 0) is 14.2 Å². The first-order valence-electron chi connectivity index (χ1n) is 8.04. The van der Waals surface area contributed by atoms with Gasteiger partial charge in [0.1, 0.15) is 12.2 Å². The molecule has 1 aliphatic carbocycles. The number of fused-ring (bicyclic) bond motifs is 1. The molecule has 1 saturated heterocycles. The number of aliphatic hydroxyl groups excluding tert-OH is 1. The standard InChI is InChI=1S/C16H30O4/c1-5-6-7-19-9-13-15(17)16(18-4)14-11(3)10(2)8-12(14)20-13/h10-17H,5-9H2,1-4H3/t10?,11?,12?,13?,14?,15-,16?/m1/s1. The summed E-state index contributed by atoms with van der Waals surface area (Å²) in [6, 6.07) is 0. The fourth-order valence-electron chi connectivity index (χ4n) is 3.74. The monoisotopic (exact) mass is 286 g/mol. The van der Waals surface area contributed by atoms with Crippen molar-refractivity contribution in [2.45, 2.75) is 64.4 Å². The summed E-state index contributed by atoms with van der Waals surface area (Å²) in [5.74, 6) is 1.45. The third-order valence-corrected chi connectivity index (χ3v) is 5.18. The summed E-state index contributed by atoms with van der Waals surface area (Å²) < 4.78 is 17.4. The Bertz CT molecular complexity index is 296. The lowest BCUT2D eigenvalue weighted by atomic mass is 9.82. The van der Waals surface area contributed by atoms with Gasteiger partial charge in [0.15, 0.2) is 0 Å². The summed E-state index contributed by atoms with van der Waals surface area (Å²) in [6.45, 7) is 7.85. The Kier molecular flexibility index (Phi) is 5.84. The lowest BCUT2D eigenvalue weighted by molar-refractivity contribution is -0.217. The van der Waals surface area contributed by atoms with Gasteiger partial charge in [0.25, 0.3) is 0 Å². The zero-order valence-corrected chi connectivity index (χ0v) is 13.2. The Morgan fingerprint density at radius 2 is 2.05 bits per heavy atom. The van der Waals surface area contributed by atoms with Crippen LogP contribution in [0.1, 0.15) is 40.0 Å². The van der Waals surface area contributed by atoms with Crippen molar-refractivity contribution < 1.29 is 19.3 Å². The van der Waals surface area contributed by atoms with Gasteiger partial charge in [0, 0.05) is 19.6 Å². The third kappa shape index (κ3) is 3.19. The molecule has 2 fully saturated rings. The molecule has 2 rings (SSSR count). The summed E-state index contributed by atoms with van der Waals surface area (Å²) in [5.41, 5.74) is 0. The second-order valence-corrected chi connectivity index (χ2v) is 6.48. The van der Waals surface area contributed by atoms with E-state index >= 15 is 0 Å². The van der Waals surface area contributed by atoms with Crippen LogP contribution >= 0.6 is 0 Å². The topological polar surface area (TPSA) is 47.9 Å². The van der Waals surface area contributed by atoms with Crippen molar-refractivity contribution in [2.24, 2.45) is 17.8 Å². The summed E-state index contributed by atoms with van der Waals surface area (Å²) in [7, 11) is 1.70. The predicted molar refractivity (Wildman–Crippen MR) is 77.6 cm³/mol. The number of methoxy groups -OCH3 is 1. The lowest BCUT2D eigenvalue weighted by Crippen LogP contribution is -2.56. The SMILES string of the molecule is CCCCOCC1OC2CC(C)C(C)C2C(OC)[C@@H]1O. The van der Waals surface area contributed by atoms with E-state index in [1.165, 1.54) is 0 Å². The van der Waals surface area contributed by atoms with Gasteiger partial charge in [-0.1, -0.05) is 27.2 Å². The third-order valence-electron chi connectivity index (χ3n) is 5.18. The molecule has 1 aliphatic heterocycles. The van der Waals surface area contributed by atoms with Crippen LogP contribution < -0.4 is 0 Å². The maximum absolute atomic E-state index is 10.5. The van der Waals surface area contributed by atoms with Crippen molar-refractivity contribution >= 4 is 0 Å². The average Bonchev–Trinajstić information content (AvgIpc) is 2.71. The minimum Gasteiger partial charge on any atom is -0.388 e. The predicted octanol–water partition coefficient (Wildman–Crippen LogP) is 2.24. The highest BCUT2D eigenvalue weighted by molar-refractivity contribution is 5.00. The van der Waals surface area contributed by atoms with Crippen LogP contribution in [0, 0.1) is 17.8 Å². The minimum atomic E-state index is -0.587. The van der Waals surface area contributed by atoms with Gasteiger partial charge in [-0.3, -0.25) is 0 Å². The molecule has 0 bridgehead atoms. The quantitative estimate of drug-likeness (QED) is 0.761. The van der Waals surface area contributed by atoms with E-state index < -0.39 is 6.10 Å². The molecule has 0 spiro atoms. The fourth-order valence-corrected chi connectivity index (χ4v) is 3.74. The van der Waals surface area contributed by atoms with Crippen molar-refractivity contribution in [3.8, 4) is 0 Å². The first-order chi connectivity index (χ1) is 9.60. The second-order valence-electron chi connectivity index (χ2n) is 6.48. The van der Waals surface area contributed by atoms with E-state index in [4.69, 9.17) is 14.2 Å². The molecule has 1 N–H and O–H groups in total. The van der Waals surface area contributed by atoms with Crippen LogP contribution in [0.15, 0.2) is 0 Å². The van der Waals surface area contributed by atoms with E-state index in [0.717, 1.165) is 25.9 Å². The van der Waals surface area contributed by atoms with Crippen molar-refractivity contribution in [2.75, 3.05) is 20.3 Å². The van der Waals surface area contributed by atoms with Crippen LogP contribution in [-0.4, -0.2) is 49.8 Å². The van der Waals surface area contributed by atoms with Gasteiger partial charge in [0.2, 0.25) is 0 Å². The molecule has 0 aromatic rings. The largest absolute Gasteiger partial charge is 0.388 e. The van der Waals surface area contributed by atoms with Crippen LogP contribution in [0.2, 0.25) is 0 Å². The summed E-state index contributed by atoms with van der Waals surface area (Å²) >= 11 is 0. The van der Waals surface area contributed by atoms with Crippen molar-refractivity contribution in [3.05, 3.63) is 0 Å². The van der Waals surface area contributed by atoms with Crippen LogP contribution in [0.4, 0.5) is 0 Å². The Labute approximate surface area is 122 Å². The number of ether oxygens (including phenoxy) is 3. The first-order valence-corrected chi connectivity index (χ1v) is 8.04. The average molecular weight is 286 g/mol. The molecule has 0 aromatic heterocycles. The highest BCUT2D eigenvalue weighted by atomic mass is 16.6.